The van der Waals surface area contributed by atoms with Gasteiger partial charge in [0.1, 0.15) is 0 Å². The van der Waals surface area contributed by atoms with Crippen LogP contribution in [-0.2, 0) is 11.3 Å². The predicted molar refractivity (Wildman–Crippen MR) is 103 cm³/mol. The van der Waals surface area contributed by atoms with E-state index in [4.69, 9.17) is 5.73 Å². The third-order valence-electron chi connectivity index (χ3n) is 4.68. The highest BCUT2D eigenvalue weighted by Crippen LogP contribution is 2.11. The fourth-order valence-corrected chi connectivity index (χ4v) is 2.58. The zero-order valence-electron chi connectivity index (χ0n) is 15.0. The number of carbonyl (C=O) groups excluding carboxylic acids is 1. The van der Waals surface area contributed by atoms with Crippen LogP contribution in [0.3, 0.4) is 0 Å². The summed E-state index contributed by atoms with van der Waals surface area (Å²) in [5, 5.41) is 3.44. The van der Waals surface area contributed by atoms with Crippen molar-refractivity contribution in [1.82, 2.24) is 14.9 Å². The number of halogens is 1. The van der Waals surface area contributed by atoms with Gasteiger partial charge < -0.3 is 11.1 Å². The molecule has 2 aromatic rings. The van der Waals surface area contributed by atoms with Crippen LogP contribution in [0.2, 0.25) is 0 Å². The second kappa shape index (κ2) is 8.97. The number of amides is 1. The molecule has 0 radical (unpaired) electrons. The van der Waals surface area contributed by atoms with Gasteiger partial charge in [0.2, 0.25) is 5.91 Å². The first-order valence-electron chi connectivity index (χ1n) is 8.40. The summed E-state index contributed by atoms with van der Waals surface area (Å²) >= 11 is 0. The molecule has 7 heteroatoms. The first kappa shape index (κ1) is 21.1. The molecule has 0 saturated heterocycles. The molecule has 1 amide bonds. The van der Waals surface area contributed by atoms with Crippen molar-refractivity contribution in [2.45, 2.75) is 52.1 Å². The summed E-state index contributed by atoms with van der Waals surface area (Å²) in [6.07, 6.45) is 3.34. The molecule has 0 fully saturated rings. The van der Waals surface area contributed by atoms with E-state index in [1.165, 1.54) is 10.9 Å². The number of para-hydroxylation sites is 1. The van der Waals surface area contributed by atoms with Crippen LogP contribution >= 0.6 is 12.4 Å². The van der Waals surface area contributed by atoms with Gasteiger partial charge in [0.15, 0.2) is 0 Å². The molecule has 2 rings (SSSR count). The highest BCUT2D eigenvalue weighted by molar-refractivity contribution is 5.85. The lowest BCUT2D eigenvalue weighted by molar-refractivity contribution is -0.121. The Balaban J connectivity index is 0.00000312. The Bertz CT molecular complexity index is 784. The molecular formula is C18H27ClN4O2. The summed E-state index contributed by atoms with van der Waals surface area (Å²) < 4.78 is 1.48. The van der Waals surface area contributed by atoms with E-state index in [9.17, 15) is 9.59 Å². The van der Waals surface area contributed by atoms with E-state index in [1.807, 2.05) is 32.9 Å². The maximum Gasteiger partial charge on any atom is 0.261 e. The van der Waals surface area contributed by atoms with Crippen molar-refractivity contribution in [1.29, 1.82) is 0 Å². The van der Waals surface area contributed by atoms with Crippen LogP contribution in [0.5, 0.6) is 0 Å². The molecule has 0 saturated carbocycles. The number of benzene rings is 1. The number of nitrogens with one attached hydrogen (secondary N) is 1. The molecule has 0 aliphatic heterocycles. The van der Waals surface area contributed by atoms with Gasteiger partial charge in [0.25, 0.3) is 5.56 Å². The highest BCUT2D eigenvalue weighted by Gasteiger charge is 2.20. The fraction of sp³-hybridized carbons (Fsp3) is 0.500. The van der Waals surface area contributed by atoms with Crippen LogP contribution in [0, 0.1) is 6.92 Å². The number of carbonyl (C=O) groups is 1. The van der Waals surface area contributed by atoms with Crippen LogP contribution in [0.15, 0.2) is 29.3 Å². The van der Waals surface area contributed by atoms with Gasteiger partial charge in [-0.1, -0.05) is 26.0 Å². The molecule has 1 heterocycles. The van der Waals surface area contributed by atoms with Gasteiger partial charge in [0, 0.05) is 25.0 Å². The number of rotatable bonds is 7. The van der Waals surface area contributed by atoms with Crippen LogP contribution in [0.25, 0.3) is 10.9 Å². The molecule has 0 atom stereocenters. The van der Waals surface area contributed by atoms with E-state index in [1.54, 1.807) is 6.07 Å². The van der Waals surface area contributed by atoms with E-state index in [2.05, 4.69) is 10.3 Å². The maximum atomic E-state index is 12.5. The van der Waals surface area contributed by atoms with Gasteiger partial charge in [-0.15, -0.1) is 12.4 Å². The van der Waals surface area contributed by atoms with Gasteiger partial charge in [-0.05, 0) is 31.4 Å². The Morgan fingerprint density at radius 1 is 1.32 bits per heavy atom. The lowest BCUT2D eigenvalue weighted by Crippen LogP contribution is -2.49. The average Bonchev–Trinajstić information content (AvgIpc) is 2.59. The van der Waals surface area contributed by atoms with Crippen molar-refractivity contribution >= 4 is 29.2 Å². The van der Waals surface area contributed by atoms with E-state index in [-0.39, 0.29) is 35.8 Å². The van der Waals surface area contributed by atoms with Crippen molar-refractivity contribution in [2.24, 2.45) is 5.73 Å². The number of nitrogens with two attached hydrogens (primary N) is 1. The maximum absolute atomic E-state index is 12.5. The molecule has 1 aromatic heterocycles. The normalized spacial score (nSPS) is 11.2. The highest BCUT2D eigenvalue weighted by atomic mass is 35.5. The largest absolute Gasteiger partial charge is 0.354 e. The van der Waals surface area contributed by atoms with Crippen molar-refractivity contribution < 1.29 is 4.79 Å². The van der Waals surface area contributed by atoms with E-state index in [0.29, 0.717) is 24.0 Å². The summed E-state index contributed by atoms with van der Waals surface area (Å²) in [5.41, 5.74) is 7.36. The molecule has 1 aromatic carbocycles. The molecule has 0 aliphatic carbocycles. The third kappa shape index (κ3) is 5.03. The lowest BCUT2D eigenvalue weighted by Gasteiger charge is -2.26. The Kier molecular flexibility index (Phi) is 7.58. The molecular weight excluding hydrogens is 340 g/mol. The van der Waals surface area contributed by atoms with Crippen molar-refractivity contribution in [3.63, 3.8) is 0 Å². The van der Waals surface area contributed by atoms with E-state index < -0.39 is 0 Å². The third-order valence-corrected chi connectivity index (χ3v) is 4.68. The number of hydrogen-bond donors (Lipinski definition) is 2. The molecule has 0 aliphatic rings. The molecule has 25 heavy (non-hydrogen) atoms. The fourth-order valence-electron chi connectivity index (χ4n) is 2.58. The van der Waals surface area contributed by atoms with Gasteiger partial charge in [-0.2, -0.15) is 0 Å². The Hall–Kier alpha value is -1.92. The van der Waals surface area contributed by atoms with Crippen LogP contribution < -0.4 is 16.6 Å². The second-order valence-corrected chi connectivity index (χ2v) is 6.31. The number of fused-ring (bicyclic) bond motifs is 1. The lowest BCUT2D eigenvalue weighted by atomic mass is 9.94. The zero-order chi connectivity index (χ0) is 17.7. The van der Waals surface area contributed by atoms with Crippen LogP contribution in [0.4, 0.5) is 0 Å². The Morgan fingerprint density at radius 3 is 2.64 bits per heavy atom. The van der Waals surface area contributed by atoms with Gasteiger partial charge in [-0.25, -0.2) is 4.98 Å². The minimum absolute atomic E-state index is 0. The summed E-state index contributed by atoms with van der Waals surface area (Å²) in [6.45, 7) is 6.70. The molecule has 0 spiro atoms. The summed E-state index contributed by atoms with van der Waals surface area (Å²) in [5.74, 6) is -0.108. The Morgan fingerprint density at radius 2 is 2.00 bits per heavy atom. The number of nitrogens with zero attached hydrogens (tertiary/aromatic N) is 2. The van der Waals surface area contributed by atoms with Crippen LogP contribution in [-0.4, -0.2) is 27.5 Å². The van der Waals surface area contributed by atoms with Crippen molar-refractivity contribution in [3.05, 3.63) is 40.4 Å². The zero-order valence-corrected chi connectivity index (χ0v) is 15.9. The van der Waals surface area contributed by atoms with Crippen LogP contribution in [0.1, 0.15) is 38.7 Å². The summed E-state index contributed by atoms with van der Waals surface area (Å²) in [7, 11) is 0. The molecule has 0 unspecified atom stereocenters. The first-order valence-corrected chi connectivity index (χ1v) is 8.40. The van der Waals surface area contributed by atoms with Gasteiger partial charge in [-0.3, -0.25) is 14.2 Å². The van der Waals surface area contributed by atoms with Crippen molar-refractivity contribution in [2.75, 3.05) is 6.54 Å². The van der Waals surface area contributed by atoms with Gasteiger partial charge in [0.05, 0.1) is 17.2 Å². The second-order valence-electron chi connectivity index (χ2n) is 6.31. The van der Waals surface area contributed by atoms with Gasteiger partial charge >= 0.3 is 0 Å². The molecule has 6 nitrogen and oxygen atoms in total. The van der Waals surface area contributed by atoms with Crippen molar-refractivity contribution in [3.8, 4) is 0 Å². The average molecular weight is 367 g/mol. The Labute approximate surface area is 154 Å². The number of hydrogen-bond acceptors (Lipinski definition) is 4. The topological polar surface area (TPSA) is 90.0 Å². The monoisotopic (exact) mass is 366 g/mol. The van der Waals surface area contributed by atoms with E-state index in [0.717, 1.165) is 18.4 Å². The molecule has 0 bridgehead atoms. The summed E-state index contributed by atoms with van der Waals surface area (Å²) in [6, 6.07) is 5.53. The number of aryl methyl sites for hydroxylation is 2. The minimum Gasteiger partial charge on any atom is -0.354 e. The first-order chi connectivity index (χ1) is 11.4. The predicted octanol–water partition coefficient (Wildman–Crippen LogP) is 2.15. The number of aromatic nitrogens is 2. The quantitative estimate of drug-likeness (QED) is 0.785. The van der Waals surface area contributed by atoms with E-state index >= 15 is 0 Å². The SMILES string of the molecule is CCC(N)(CC)CNC(=O)CCn1cnc2c(C)cccc2c1=O.Cl. The minimum atomic E-state index is -0.367. The molecule has 3 N–H and O–H groups in total. The standard InChI is InChI=1S/C18H26N4O2.ClH/c1-4-18(19,5-2)11-20-15(23)9-10-22-12-21-16-13(3)7-6-8-14(16)17(22)24;/h6-8,12H,4-5,9-11,19H2,1-3H3,(H,20,23);1H. The smallest absolute Gasteiger partial charge is 0.261 e. The summed E-state index contributed by atoms with van der Waals surface area (Å²) in [4.78, 5) is 28.8. The molecule has 138 valence electrons.